The summed E-state index contributed by atoms with van der Waals surface area (Å²) >= 11 is 0. The van der Waals surface area contributed by atoms with E-state index in [0.29, 0.717) is 5.56 Å². The van der Waals surface area contributed by atoms with Crippen LogP contribution in [0.25, 0.3) is 0 Å². The highest BCUT2D eigenvalue weighted by molar-refractivity contribution is 5.95. The van der Waals surface area contributed by atoms with Crippen molar-refractivity contribution in [3.05, 3.63) is 48.5 Å². The number of hydrogen-bond donors (Lipinski definition) is 1. The maximum Gasteiger partial charge on any atom is 0.182 e. The number of hydrogen-bond acceptors (Lipinski definition) is 3. The summed E-state index contributed by atoms with van der Waals surface area (Å²) in [6.07, 6.45) is 4.96. The molecule has 4 heteroatoms. The molecule has 0 aliphatic heterocycles. The van der Waals surface area contributed by atoms with E-state index in [9.17, 15) is 4.79 Å². The number of phenols is 1. The van der Waals surface area contributed by atoms with Gasteiger partial charge >= 0.3 is 0 Å². The molecule has 4 nitrogen and oxygen atoms in total. The van der Waals surface area contributed by atoms with Crippen LogP contribution in [-0.2, 0) is 6.54 Å². The third kappa shape index (κ3) is 2.22. The Labute approximate surface area is 86.8 Å². The van der Waals surface area contributed by atoms with Crippen LogP contribution in [-0.4, -0.2) is 20.4 Å². The van der Waals surface area contributed by atoms with Crippen LogP contribution in [0.15, 0.2) is 43.0 Å². The lowest BCUT2D eigenvalue weighted by molar-refractivity contribution is 0.0972. The van der Waals surface area contributed by atoms with Crippen LogP contribution in [0.2, 0.25) is 0 Å². The lowest BCUT2D eigenvalue weighted by atomic mass is 10.1. The number of ketones is 1. The van der Waals surface area contributed by atoms with Crippen LogP contribution >= 0.6 is 0 Å². The summed E-state index contributed by atoms with van der Waals surface area (Å²) in [4.78, 5) is 15.5. The minimum absolute atomic E-state index is 0.00648. The standard InChI is InChI=1S/C11H10N2O2/c14-10-3-1-9(2-4-10)11(15)7-13-6-5-12-8-13/h1-6,8,14H,7H2. The Kier molecular flexibility index (Phi) is 2.49. The summed E-state index contributed by atoms with van der Waals surface area (Å²) in [6, 6.07) is 6.21. The van der Waals surface area contributed by atoms with Crippen molar-refractivity contribution in [2.45, 2.75) is 6.54 Å². The molecule has 0 fully saturated rings. The average Bonchev–Trinajstić information content (AvgIpc) is 2.71. The summed E-state index contributed by atoms with van der Waals surface area (Å²) in [6.45, 7) is 0.269. The Bertz CT molecular complexity index is 446. The fourth-order valence-electron chi connectivity index (χ4n) is 1.28. The van der Waals surface area contributed by atoms with Gasteiger partial charge in [-0.05, 0) is 24.3 Å². The SMILES string of the molecule is O=C(Cn1ccnc1)c1ccc(O)cc1. The van der Waals surface area contributed by atoms with Gasteiger partial charge in [0.15, 0.2) is 5.78 Å². The van der Waals surface area contributed by atoms with E-state index >= 15 is 0 Å². The topological polar surface area (TPSA) is 55.1 Å². The third-order valence-corrected chi connectivity index (χ3v) is 2.07. The van der Waals surface area contributed by atoms with Crippen LogP contribution < -0.4 is 0 Å². The number of benzene rings is 1. The zero-order chi connectivity index (χ0) is 10.7. The Morgan fingerprint density at radius 2 is 2.07 bits per heavy atom. The molecule has 1 heterocycles. The van der Waals surface area contributed by atoms with Crippen molar-refractivity contribution in [3.63, 3.8) is 0 Å². The monoisotopic (exact) mass is 202 g/mol. The second kappa shape index (κ2) is 3.96. The van der Waals surface area contributed by atoms with Gasteiger partial charge in [-0.1, -0.05) is 0 Å². The summed E-state index contributed by atoms with van der Waals surface area (Å²) in [7, 11) is 0. The zero-order valence-electron chi connectivity index (χ0n) is 8.00. The predicted octanol–water partition coefficient (Wildman–Crippen LogP) is 1.47. The van der Waals surface area contributed by atoms with Gasteiger partial charge in [0.25, 0.3) is 0 Å². The first-order valence-corrected chi connectivity index (χ1v) is 4.54. The molecular weight excluding hydrogens is 192 g/mol. The number of nitrogens with zero attached hydrogens (tertiary/aromatic N) is 2. The van der Waals surface area contributed by atoms with Gasteiger partial charge in [0.1, 0.15) is 5.75 Å². The summed E-state index contributed by atoms with van der Waals surface area (Å²) in [5, 5.41) is 9.07. The predicted molar refractivity (Wildman–Crippen MR) is 54.7 cm³/mol. The van der Waals surface area contributed by atoms with Crippen molar-refractivity contribution in [3.8, 4) is 5.75 Å². The number of aromatic nitrogens is 2. The zero-order valence-corrected chi connectivity index (χ0v) is 8.00. The van der Waals surface area contributed by atoms with Crippen molar-refractivity contribution in [1.82, 2.24) is 9.55 Å². The van der Waals surface area contributed by atoms with E-state index < -0.39 is 0 Å². The largest absolute Gasteiger partial charge is 0.508 e. The van der Waals surface area contributed by atoms with Crippen molar-refractivity contribution >= 4 is 5.78 Å². The smallest absolute Gasteiger partial charge is 0.182 e. The molecule has 76 valence electrons. The number of phenolic OH excluding ortho intramolecular Hbond substituents is 1. The van der Waals surface area contributed by atoms with E-state index in [1.165, 1.54) is 12.1 Å². The van der Waals surface area contributed by atoms with Crippen molar-refractivity contribution in [2.75, 3.05) is 0 Å². The summed E-state index contributed by atoms with van der Waals surface area (Å²) in [5.74, 6) is 0.155. The van der Waals surface area contributed by atoms with E-state index in [0.717, 1.165) is 0 Å². The molecule has 15 heavy (non-hydrogen) atoms. The number of Topliss-reactive ketones (excluding diaryl/α,β-unsaturated/α-hetero) is 1. The molecule has 0 saturated heterocycles. The molecule has 0 aliphatic carbocycles. The van der Waals surface area contributed by atoms with Crippen molar-refractivity contribution in [1.29, 1.82) is 0 Å². The van der Waals surface area contributed by atoms with E-state index in [1.807, 2.05) is 0 Å². The van der Waals surface area contributed by atoms with Crippen molar-refractivity contribution < 1.29 is 9.90 Å². The second-order valence-corrected chi connectivity index (χ2v) is 3.21. The van der Waals surface area contributed by atoms with Crippen LogP contribution in [0.5, 0.6) is 5.75 Å². The molecule has 0 bridgehead atoms. The Morgan fingerprint density at radius 3 is 2.67 bits per heavy atom. The number of aromatic hydroxyl groups is 1. The lowest BCUT2D eigenvalue weighted by Crippen LogP contribution is -2.08. The average molecular weight is 202 g/mol. The van der Waals surface area contributed by atoms with Gasteiger partial charge in [-0.15, -0.1) is 0 Å². The molecule has 0 unspecified atom stereocenters. The Balaban J connectivity index is 2.11. The van der Waals surface area contributed by atoms with E-state index in [4.69, 9.17) is 5.11 Å². The van der Waals surface area contributed by atoms with E-state index in [2.05, 4.69) is 4.98 Å². The number of carbonyl (C=O) groups is 1. The molecule has 2 rings (SSSR count). The maximum absolute atomic E-state index is 11.7. The number of imidazole rings is 1. The maximum atomic E-state index is 11.7. The highest BCUT2D eigenvalue weighted by Crippen LogP contribution is 2.10. The van der Waals surface area contributed by atoms with Gasteiger partial charge in [-0.2, -0.15) is 0 Å². The molecule has 0 atom stereocenters. The van der Waals surface area contributed by atoms with E-state index in [1.54, 1.807) is 35.4 Å². The van der Waals surface area contributed by atoms with Gasteiger partial charge in [0.05, 0.1) is 12.9 Å². The quantitative estimate of drug-likeness (QED) is 0.767. The van der Waals surface area contributed by atoms with Crippen LogP contribution in [0, 0.1) is 0 Å². The lowest BCUT2D eigenvalue weighted by Gasteiger charge is -2.01. The molecule has 2 aromatic rings. The third-order valence-electron chi connectivity index (χ3n) is 2.07. The minimum Gasteiger partial charge on any atom is -0.508 e. The van der Waals surface area contributed by atoms with E-state index in [-0.39, 0.29) is 18.1 Å². The Hall–Kier alpha value is -2.10. The molecule has 0 radical (unpaired) electrons. The molecular formula is C11H10N2O2. The van der Waals surface area contributed by atoms with Gasteiger partial charge in [-0.25, -0.2) is 4.98 Å². The highest BCUT2D eigenvalue weighted by Gasteiger charge is 2.05. The van der Waals surface area contributed by atoms with Gasteiger partial charge in [0.2, 0.25) is 0 Å². The van der Waals surface area contributed by atoms with Gasteiger partial charge in [0, 0.05) is 18.0 Å². The molecule has 0 saturated carbocycles. The molecule has 0 aliphatic rings. The van der Waals surface area contributed by atoms with Crippen molar-refractivity contribution in [2.24, 2.45) is 0 Å². The fraction of sp³-hybridized carbons (Fsp3) is 0.0909. The number of rotatable bonds is 3. The normalized spacial score (nSPS) is 10.1. The Morgan fingerprint density at radius 1 is 1.33 bits per heavy atom. The van der Waals surface area contributed by atoms with Crippen LogP contribution in [0.3, 0.4) is 0 Å². The molecule has 1 aromatic carbocycles. The number of carbonyl (C=O) groups excluding carboxylic acids is 1. The highest BCUT2D eigenvalue weighted by atomic mass is 16.3. The van der Waals surface area contributed by atoms with Gasteiger partial charge in [-0.3, -0.25) is 4.79 Å². The van der Waals surface area contributed by atoms with Gasteiger partial charge < -0.3 is 9.67 Å². The molecule has 0 spiro atoms. The summed E-state index contributed by atoms with van der Waals surface area (Å²) < 4.78 is 1.70. The first-order chi connectivity index (χ1) is 7.25. The molecule has 1 aromatic heterocycles. The fourth-order valence-corrected chi connectivity index (χ4v) is 1.28. The first-order valence-electron chi connectivity index (χ1n) is 4.54. The minimum atomic E-state index is -0.00648. The molecule has 0 amide bonds. The van der Waals surface area contributed by atoms with Crippen LogP contribution in [0.1, 0.15) is 10.4 Å². The first kappa shape index (κ1) is 9.45. The second-order valence-electron chi connectivity index (χ2n) is 3.21. The molecule has 1 N–H and O–H groups in total. The summed E-state index contributed by atoms with van der Waals surface area (Å²) in [5.41, 5.74) is 0.585. The van der Waals surface area contributed by atoms with Crippen LogP contribution in [0.4, 0.5) is 0 Å².